The molecule has 0 saturated carbocycles. The first kappa shape index (κ1) is 10.1. The molecule has 0 spiro atoms. The zero-order chi connectivity index (χ0) is 10.7. The molecule has 1 aromatic carbocycles. The lowest BCUT2D eigenvalue weighted by atomic mass is 10.0. The van der Waals surface area contributed by atoms with Crippen molar-refractivity contribution in [3.63, 3.8) is 0 Å². The first-order chi connectivity index (χ1) is 6.54. The molecule has 3 N–H and O–H groups in total. The van der Waals surface area contributed by atoms with Crippen LogP contribution in [0.15, 0.2) is 12.1 Å². The molecule has 0 aliphatic rings. The molecule has 0 amide bonds. The Balaban J connectivity index is 3.18. The largest absolute Gasteiger partial charge is 0.481 e. The van der Waals surface area contributed by atoms with Crippen LogP contribution in [0.1, 0.15) is 16.7 Å². The second-order valence-electron chi connectivity index (χ2n) is 3.04. The van der Waals surface area contributed by atoms with E-state index in [1.807, 2.05) is 6.07 Å². The minimum atomic E-state index is -0.933. The van der Waals surface area contributed by atoms with Gasteiger partial charge in [-0.3, -0.25) is 4.79 Å². The zero-order valence-corrected chi connectivity index (χ0v) is 7.74. The maximum atomic E-state index is 10.4. The topological polar surface area (TPSA) is 87.1 Å². The number of carboxylic acids is 1. The van der Waals surface area contributed by atoms with E-state index in [4.69, 9.17) is 16.1 Å². The summed E-state index contributed by atoms with van der Waals surface area (Å²) < 4.78 is 0. The van der Waals surface area contributed by atoms with Crippen LogP contribution in [0.3, 0.4) is 0 Å². The van der Waals surface area contributed by atoms with E-state index in [0.717, 1.165) is 0 Å². The molecule has 4 nitrogen and oxygen atoms in total. The summed E-state index contributed by atoms with van der Waals surface area (Å²) in [5.41, 5.74) is 7.77. The fourth-order valence-corrected chi connectivity index (χ4v) is 1.19. The maximum Gasteiger partial charge on any atom is 0.307 e. The van der Waals surface area contributed by atoms with Gasteiger partial charge in [0.1, 0.15) is 0 Å². The summed E-state index contributed by atoms with van der Waals surface area (Å²) in [7, 11) is 0. The predicted molar refractivity (Wildman–Crippen MR) is 51.6 cm³/mol. The molecular weight excluding hydrogens is 180 g/mol. The monoisotopic (exact) mass is 190 g/mol. The predicted octanol–water partition coefficient (Wildman–Crippen LogP) is 1.08. The van der Waals surface area contributed by atoms with Crippen LogP contribution in [-0.2, 0) is 11.2 Å². The quantitative estimate of drug-likeness (QED) is 0.683. The Kier molecular flexibility index (Phi) is 2.73. The molecular formula is C10H10N2O2. The minimum Gasteiger partial charge on any atom is -0.481 e. The summed E-state index contributed by atoms with van der Waals surface area (Å²) in [6, 6.07) is 5.12. The van der Waals surface area contributed by atoms with Crippen molar-refractivity contribution in [3.8, 4) is 6.07 Å². The molecule has 0 unspecified atom stereocenters. The van der Waals surface area contributed by atoms with E-state index in [9.17, 15) is 4.79 Å². The number of nitrogens with two attached hydrogens (primary N) is 1. The number of hydrogen-bond donors (Lipinski definition) is 2. The van der Waals surface area contributed by atoms with Crippen molar-refractivity contribution in [1.82, 2.24) is 0 Å². The van der Waals surface area contributed by atoms with Crippen molar-refractivity contribution in [2.75, 3.05) is 5.73 Å². The second kappa shape index (κ2) is 3.79. The van der Waals surface area contributed by atoms with Crippen molar-refractivity contribution in [1.29, 1.82) is 5.26 Å². The Bertz CT molecular complexity index is 419. The van der Waals surface area contributed by atoms with Crippen LogP contribution in [0.5, 0.6) is 0 Å². The SMILES string of the molecule is Cc1c(N)cc(CC(=O)O)cc1C#N. The molecule has 0 atom stereocenters. The van der Waals surface area contributed by atoms with Crippen LogP contribution in [0.4, 0.5) is 5.69 Å². The van der Waals surface area contributed by atoms with Gasteiger partial charge in [-0.25, -0.2) is 0 Å². The van der Waals surface area contributed by atoms with Crippen molar-refractivity contribution in [2.24, 2.45) is 0 Å². The molecule has 1 rings (SSSR count). The van der Waals surface area contributed by atoms with E-state index in [1.54, 1.807) is 19.1 Å². The molecule has 0 radical (unpaired) electrons. The van der Waals surface area contributed by atoms with Gasteiger partial charge in [-0.15, -0.1) is 0 Å². The number of anilines is 1. The standard InChI is InChI=1S/C10H10N2O2/c1-6-8(5-11)2-7(3-9(6)12)4-10(13)14/h2-3H,4,12H2,1H3,(H,13,14). The Morgan fingerprint density at radius 3 is 2.79 bits per heavy atom. The number of nitrogens with zero attached hydrogens (tertiary/aromatic N) is 1. The summed E-state index contributed by atoms with van der Waals surface area (Å²) in [4.78, 5) is 10.4. The third-order valence-corrected chi connectivity index (χ3v) is 1.98. The molecule has 1 aromatic rings. The van der Waals surface area contributed by atoms with Gasteiger partial charge in [0.05, 0.1) is 18.1 Å². The van der Waals surface area contributed by atoms with E-state index in [2.05, 4.69) is 0 Å². The Hall–Kier alpha value is -2.02. The van der Waals surface area contributed by atoms with Gasteiger partial charge in [0, 0.05) is 5.69 Å². The number of nitrogen functional groups attached to an aromatic ring is 1. The number of aliphatic carboxylic acids is 1. The Morgan fingerprint density at radius 2 is 2.29 bits per heavy atom. The normalized spacial score (nSPS) is 9.43. The molecule has 0 aliphatic carbocycles. The summed E-state index contributed by atoms with van der Waals surface area (Å²) in [6.45, 7) is 1.73. The van der Waals surface area contributed by atoms with E-state index < -0.39 is 5.97 Å². The third kappa shape index (κ3) is 2.02. The molecule has 14 heavy (non-hydrogen) atoms. The molecule has 72 valence electrons. The number of carboxylic acid groups (broad SMARTS) is 1. The van der Waals surface area contributed by atoms with Crippen LogP contribution < -0.4 is 5.73 Å². The highest BCUT2D eigenvalue weighted by molar-refractivity contribution is 5.71. The molecule has 0 bridgehead atoms. The van der Waals surface area contributed by atoms with Crippen LogP contribution >= 0.6 is 0 Å². The highest BCUT2D eigenvalue weighted by Crippen LogP contribution is 2.18. The summed E-state index contributed by atoms with van der Waals surface area (Å²) in [6.07, 6.45) is -0.112. The summed E-state index contributed by atoms with van der Waals surface area (Å²) in [5, 5.41) is 17.3. The lowest BCUT2D eigenvalue weighted by Crippen LogP contribution is -2.03. The fourth-order valence-electron chi connectivity index (χ4n) is 1.19. The molecule has 0 heterocycles. The zero-order valence-electron chi connectivity index (χ0n) is 7.74. The van der Waals surface area contributed by atoms with E-state index in [-0.39, 0.29) is 6.42 Å². The Morgan fingerprint density at radius 1 is 1.64 bits per heavy atom. The van der Waals surface area contributed by atoms with Crippen LogP contribution in [-0.4, -0.2) is 11.1 Å². The van der Waals surface area contributed by atoms with Gasteiger partial charge in [0.25, 0.3) is 0 Å². The molecule has 4 heteroatoms. The molecule has 0 aromatic heterocycles. The van der Waals surface area contributed by atoms with Gasteiger partial charge in [-0.2, -0.15) is 5.26 Å². The summed E-state index contributed by atoms with van der Waals surface area (Å²) in [5.74, 6) is -0.933. The molecule has 0 saturated heterocycles. The van der Waals surface area contributed by atoms with Gasteiger partial charge in [-0.05, 0) is 30.2 Å². The fraction of sp³-hybridized carbons (Fsp3) is 0.200. The first-order valence-electron chi connectivity index (χ1n) is 4.05. The summed E-state index contributed by atoms with van der Waals surface area (Å²) >= 11 is 0. The number of rotatable bonds is 2. The average molecular weight is 190 g/mol. The lowest BCUT2D eigenvalue weighted by molar-refractivity contribution is -0.136. The van der Waals surface area contributed by atoms with E-state index >= 15 is 0 Å². The highest BCUT2D eigenvalue weighted by Gasteiger charge is 2.07. The number of carbonyl (C=O) groups is 1. The van der Waals surface area contributed by atoms with Gasteiger partial charge >= 0.3 is 5.97 Å². The smallest absolute Gasteiger partial charge is 0.307 e. The van der Waals surface area contributed by atoms with Gasteiger partial charge in [0.15, 0.2) is 0 Å². The average Bonchev–Trinajstić information content (AvgIpc) is 2.10. The number of nitriles is 1. The van der Waals surface area contributed by atoms with Crippen LogP contribution in [0.25, 0.3) is 0 Å². The van der Waals surface area contributed by atoms with E-state index in [0.29, 0.717) is 22.4 Å². The van der Waals surface area contributed by atoms with Gasteiger partial charge < -0.3 is 10.8 Å². The number of hydrogen-bond acceptors (Lipinski definition) is 3. The van der Waals surface area contributed by atoms with Gasteiger partial charge in [-0.1, -0.05) is 0 Å². The van der Waals surface area contributed by atoms with Crippen molar-refractivity contribution >= 4 is 11.7 Å². The van der Waals surface area contributed by atoms with Crippen molar-refractivity contribution in [2.45, 2.75) is 13.3 Å². The first-order valence-corrected chi connectivity index (χ1v) is 4.05. The van der Waals surface area contributed by atoms with Crippen molar-refractivity contribution in [3.05, 3.63) is 28.8 Å². The second-order valence-corrected chi connectivity index (χ2v) is 3.04. The lowest BCUT2D eigenvalue weighted by Gasteiger charge is -2.05. The van der Waals surface area contributed by atoms with E-state index in [1.165, 1.54) is 0 Å². The minimum absolute atomic E-state index is 0.112. The van der Waals surface area contributed by atoms with Crippen LogP contribution in [0.2, 0.25) is 0 Å². The Labute approximate surface area is 81.6 Å². The number of benzene rings is 1. The van der Waals surface area contributed by atoms with Gasteiger partial charge in [0.2, 0.25) is 0 Å². The molecule has 0 fully saturated rings. The highest BCUT2D eigenvalue weighted by atomic mass is 16.4. The molecule has 0 aliphatic heterocycles. The maximum absolute atomic E-state index is 10.4. The van der Waals surface area contributed by atoms with Crippen molar-refractivity contribution < 1.29 is 9.90 Å². The third-order valence-electron chi connectivity index (χ3n) is 1.98. The van der Waals surface area contributed by atoms with Crippen LogP contribution in [0, 0.1) is 18.3 Å².